The van der Waals surface area contributed by atoms with Crippen molar-refractivity contribution in [2.45, 2.75) is 51.0 Å². The maximum Gasteiger partial charge on any atom is 0.280 e. The maximum absolute atomic E-state index is 12.8. The molecule has 148 valence electrons. The summed E-state index contributed by atoms with van der Waals surface area (Å²) >= 11 is 3.48. The Kier molecular flexibility index (Phi) is 5.28. The van der Waals surface area contributed by atoms with Crippen LogP contribution in [0.15, 0.2) is 22.7 Å². The van der Waals surface area contributed by atoms with Gasteiger partial charge in [-0.2, -0.15) is 0 Å². The summed E-state index contributed by atoms with van der Waals surface area (Å²) in [6.45, 7) is 2.93. The van der Waals surface area contributed by atoms with Crippen LogP contribution in [0.5, 0.6) is 0 Å². The lowest BCUT2D eigenvalue weighted by molar-refractivity contribution is 0.0934. The molecular formula is C21H26N4OS2. The Morgan fingerprint density at radius 2 is 2.21 bits per heavy atom. The van der Waals surface area contributed by atoms with E-state index in [9.17, 15) is 4.79 Å². The molecular weight excluding hydrogens is 388 g/mol. The summed E-state index contributed by atoms with van der Waals surface area (Å²) in [5.41, 5.74) is 4.13. The van der Waals surface area contributed by atoms with Crippen LogP contribution in [-0.2, 0) is 6.42 Å². The Balaban J connectivity index is 1.38. The summed E-state index contributed by atoms with van der Waals surface area (Å²) < 4.78 is 0. The Bertz CT molecular complexity index is 870. The minimum Gasteiger partial charge on any atom is -0.347 e. The first-order chi connectivity index (χ1) is 13.8. The van der Waals surface area contributed by atoms with E-state index in [-0.39, 0.29) is 11.9 Å². The second kappa shape index (κ2) is 8.03. The molecule has 1 N–H and O–H groups in total. The molecule has 7 heteroatoms. The molecule has 0 spiro atoms. The van der Waals surface area contributed by atoms with E-state index in [0.717, 1.165) is 69.6 Å². The topological polar surface area (TPSA) is 57.6 Å². The molecule has 28 heavy (non-hydrogen) atoms. The highest BCUT2D eigenvalue weighted by molar-refractivity contribution is 8.14. The normalized spacial score (nSPS) is 24.5. The predicted molar refractivity (Wildman–Crippen MR) is 117 cm³/mol. The number of aryl methyl sites for hydroxylation is 1. The van der Waals surface area contributed by atoms with E-state index in [1.807, 2.05) is 11.8 Å². The summed E-state index contributed by atoms with van der Waals surface area (Å²) in [5, 5.41) is 5.03. The number of carbonyl (C=O) groups excluding carboxylic acids is 1. The largest absolute Gasteiger partial charge is 0.347 e. The van der Waals surface area contributed by atoms with Gasteiger partial charge < -0.3 is 10.2 Å². The van der Waals surface area contributed by atoms with Crippen molar-refractivity contribution in [1.82, 2.24) is 15.2 Å². The summed E-state index contributed by atoms with van der Waals surface area (Å²) in [6, 6.07) is 0.249. The lowest BCUT2D eigenvalue weighted by Crippen LogP contribution is -2.35. The van der Waals surface area contributed by atoms with Crippen LogP contribution in [0.4, 0.5) is 0 Å². The van der Waals surface area contributed by atoms with Crippen LogP contribution >= 0.6 is 23.1 Å². The fourth-order valence-corrected chi connectivity index (χ4v) is 6.47. The number of nitrogens with zero attached hydrogens (tertiary/aromatic N) is 3. The number of carbonyl (C=O) groups is 1. The van der Waals surface area contributed by atoms with Crippen LogP contribution < -0.4 is 5.32 Å². The minimum atomic E-state index is 0.00362. The summed E-state index contributed by atoms with van der Waals surface area (Å²) in [7, 11) is 0. The zero-order valence-electron chi connectivity index (χ0n) is 16.1. The minimum absolute atomic E-state index is 0.00362. The fourth-order valence-electron chi connectivity index (χ4n) is 4.48. The van der Waals surface area contributed by atoms with E-state index in [0.29, 0.717) is 5.01 Å². The Morgan fingerprint density at radius 1 is 1.25 bits per heavy atom. The molecule has 0 saturated carbocycles. The molecule has 1 unspecified atom stereocenters. The SMILES string of the molecule is O=C(NC1CC=CCC1)c1nc2c(s1)C1=C(CCC2)CCN(C2=NCCS2)C1. The van der Waals surface area contributed by atoms with Gasteiger partial charge in [-0.05, 0) is 50.5 Å². The number of thiazole rings is 1. The third kappa shape index (κ3) is 3.66. The molecule has 2 aliphatic heterocycles. The number of allylic oxidation sites excluding steroid dienone is 1. The van der Waals surface area contributed by atoms with E-state index in [2.05, 4.69) is 27.4 Å². The highest BCUT2D eigenvalue weighted by Crippen LogP contribution is 2.39. The first kappa shape index (κ1) is 18.4. The molecule has 0 fully saturated rings. The molecule has 0 bridgehead atoms. The second-order valence-electron chi connectivity index (χ2n) is 7.87. The smallest absolute Gasteiger partial charge is 0.280 e. The lowest BCUT2D eigenvalue weighted by atomic mass is 9.97. The molecule has 1 aromatic heterocycles. The van der Waals surface area contributed by atoms with Crippen LogP contribution in [-0.4, -0.2) is 52.4 Å². The molecule has 4 aliphatic rings. The number of nitrogens with one attached hydrogen (secondary N) is 1. The highest BCUT2D eigenvalue weighted by Gasteiger charge is 2.30. The van der Waals surface area contributed by atoms with E-state index in [4.69, 9.17) is 4.98 Å². The van der Waals surface area contributed by atoms with Gasteiger partial charge in [0.2, 0.25) is 0 Å². The monoisotopic (exact) mass is 414 g/mol. The number of aliphatic imine (C=N–C) groups is 1. The fraction of sp³-hybridized carbons (Fsp3) is 0.571. The van der Waals surface area contributed by atoms with Gasteiger partial charge in [-0.3, -0.25) is 9.79 Å². The van der Waals surface area contributed by atoms with Crippen LogP contribution in [0.25, 0.3) is 5.57 Å². The van der Waals surface area contributed by atoms with Gasteiger partial charge in [0.05, 0.1) is 17.1 Å². The number of amidine groups is 1. The van der Waals surface area contributed by atoms with E-state index >= 15 is 0 Å². The van der Waals surface area contributed by atoms with Gasteiger partial charge in [0.1, 0.15) is 0 Å². The highest BCUT2D eigenvalue weighted by atomic mass is 32.2. The molecule has 2 aliphatic carbocycles. The zero-order valence-corrected chi connectivity index (χ0v) is 17.7. The molecule has 0 aromatic carbocycles. The molecule has 1 amide bonds. The number of hydrogen-bond acceptors (Lipinski definition) is 6. The molecule has 1 atom stereocenters. The van der Waals surface area contributed by atoms with Crippen LogP contribution in [0, 0.1) is 0 Å². The first-order valence-corrected chi connectivity index (χ1v) is 12.2. The molecule has 1 aromatic rings. The van der Waals surface area contributed by atoms with Crippen LogP contribution in [0.3, 0.4) is 0 Å². The van der Waals surface area contributed by atoms with Crippen molar-refractivity contribution >= 4 is 39.7 Å². The van der Waals surface area contributed by atoms with Crippen molar-refractivity contribution in [3.05, 3.63) is 33.3 Å². The maximum atomic E-state index is 12.8. The van der Waals surface area contributed by atoms with Gasteiger partial charge >= 0.3 is 0 Å². The number of aromatic nitrogens is 1. The number of rotatable bonds is 2. The number of thioether (sulfide) groups is 1. The quantitative estimate of drug-likeness (QED) is 0.746. The Labute approximate surface area is 174 Å². The van der Waals surface area contributed by atoms with Gasteiger partial charge in [-0.15, -0.1) is 11.3 Å². The van der Waals surface area contributed by atoms with Crippen molar-refractivity contribution in [2.24, 2.45) is 4.99 Å². The van der Waals surface area contributed by atoms with Crippen molar-refractivity contribution in [3.63, 3.8) is 0 Å². The van der Waals surface area contributed by atoms with Crippen molar-refractivity contribution in [1.29, 1.82) is 0 Å². The van der Waals surface area contributed by atoms with Gasteiger partial charge in [0.25, 0.3) is 5.91 Å². The van der Waals surface area contributed by atoms with Crippen molar-refractivity contribution < 1.29 is 4.79 Å². The van der Waals surface area contributed by atoms with Gasteiger partial charge in [0, 0.05) is 24.9 Å². The second-order valence-corrected chi connectivity index (χ2v) is 9.93. The molecule has 0 radical (unpaired) electrons. The van der Waals surface area contributed by atoms with E-state index in [1.54, 1.807) is 16.9 Å². The summed E-state index contributed by atoms with van der Waals surface area (Å²) in [4.78, 5) is 26.0. The van der Waals surface area contributed by atoms with Gasteiger partial charge in [-0.1, -0.05) is 29.5 Å². The average molecular weight is 415 g/mol. The number of hydrogen-bond donors (Lipinski definition) is 1. The number of amides is 1. The molecule has 3 heterocycles. The zero-order chi connectivity index (χ0) is 18.9. The van der Waals surface area contributed by atoms with E-state index < -0.39 is 0 Å². The predicted octanol–water partition coefficient (Wildman–Crippen LogP) is 3.88. The Morgan fingerprint density at radius 3 is 3.04 bits per heavy atom. The lowest BCUT2D eigenvalue weighted by Gasteiger charge is -2.31. The third-order valence-corrected chi connectivity index (χ3v) is 8.15. The van der Waals surface area contributed by atoms with Gasteiger partial charge in [0.15, 0.2) is 10.2 Å². The van der Waals surface area contributed by atoms with Gasteiger partial charge in [-0.25, -0.2) is 4.98 Å². The summed E-state index contributed by atoms with van der Waals surface area (Å²) in [5.74, 6) is 1.11. The summed E-state index contributed by atoms with van der Waals surface area (Å²) in [6.07, 6.45) is 11.8. The van der Waals surface area contributed by atoms with Crippen molar-refractivity contribution in [2.75, 3.05) is 25.4 Å². The van der Waals surface area contributed by atoms with E-state index in [1.165, 1.54) is 22.0 Å². The first-order valence-electron chi connectivity index (χ1n) is 10.4. The van der Waals surface area contributed by atoms with Crippen molar-refractivity contribution in [3.8, 4) is 0 Å². The molecule has 0 saturated heterocycles. The standard InChI is InChI=1S/C21H26N4OS2/c26-19(23-15-6-2-1-3-7-15)20-24-17-8-4-5-14-9-11-25(21-22-10-12-27-21)13-16(14)18(17)28-20/h1-2,15H,3-13H2,(H,23,26). The van der Waals surface area contributed by atoms with Crippen LogP contribution in [0.1, 0.15) is 58.9 Å². The molecule has 5 rings (SSSR count). The molecule has 5 nitrogen and oxygen atoms in total. The Hall–Kier alpha value is -1.60. The third-order valence-electron chi connectivity index (χ3n) is 5.96. The van der Waals surface area contributed by atoms with Crippen LogP contribution in [0.2, 0.25) is 0 Å². The number of fused-ring (bicyclic) bond motifs is 2. The average Bonchev–Trinajstić information content (AvgIpc) is 3.37.